The van der Waals surface area contributed by atoms with Crippen LogP contribution in [0.2, 0.25) is 0 Å². The summed E-state index contributed by atoms with van der Waals surface area (Å²) >= 11 is 0. The van der Waals surface area contributed by atoms with Crippen LogP contribution in [-0.4, -0.2) is 24.5 Å². The number of aromatic nitrogens is 5. The van der Waals surface area contributed by atoms with E-state index < -0.39 is 0 Å². The first-order chi connectivity index (χ1) is 12.4. The minimum absolute atomic E-state index is 0.525. The maximum atomic E-state index is 5.01. The zero-order valence-electron chi connectivity index (χ0n) is 14.6. The van der Waals surface area contributed by atoms with Crippen LogP contribution in [0.5, 0.6) is 0 Å². The fourth-order valence-electron chi connectivity index (χ4n) is 4.43. The lowest BCUT2D eigenvalue weighted by Crippen LogP contribution is -2.16. The summed E-state index contributed by atoms with van der Waals surface area (Å²) in [7, 11) is 0. The van der Waals surface area contributed by atoms with Crippen LogP contribution in [0.1, 0.15) is 49.9 Å². The molecule has 25 heavy (non-hydrogen) atoms. The molecule has 3 aromatic rings. The number of hydrogen-bond donors (Lipinski definition) is 0. The molecule has 5 nitrogen and oxygen atoms in total. The maximum Gasteiger partial charge on any atom is 0.182 e. The molecule has 0 spiro atoms. The first kappa shape index (κ1) is 14.9. The van der Waals surface area contributed by atoms with Gasteiger partial charge in [0, 0.05) is 17.7 Å². The largest absolute Gasteiger partial charge is 0.305 e. The number of benzene rings is 1. The molecule has 2 aliphatic rings. The molecule has 1 aliphatic heterocycles. The van der Waals surface area contributed by atoms with Crippen molar-refractivity contribution in [3.8, 4) is 22.9 Å². The van der Waals surface area contributed by atoms with Crippen LogP contribution in [0.3, 0.4) is 0 Å². The van der Waals surface area contributed by atoms with Crippen molar-refractivity contribution >= 4 is 0 Å². The van der Waals surface area contributed by atoms with E-state index in [1.165, 1.54) is 42.6 Å². The fourth-order valence-corrected chi connectivity index (χ4v) is 4.43. The molecule has 0 radical (unpaired) electrons. The number of nitrogens with zero attached hydrogens (tertiary/aromatic N) is 5. The highest BCUT2D eigenvalue weighted by molar-refractivity contribution is 5.65. The summed E-state index contributed by atoms with van der Waals surface area (Å²) in [6, 6.07) is 10.9. The molecule has 1 aliphatic carbocycles. The summed E-state index contributed by atoms with van der Waals surface area (Å²) in [5.41, 5.74) is 5.00. The Balaban J connectivity index is 1.68. The van der Waals surface area contributed by atoms with Crippen LogP contribution in [0, 0.1) is 0 Å². The Morgan fingerprint density at radius 3 is 2.56 bits per heavy atom. The summed E-state index contributed by atoms with van der Waals surface area (Å²) in [5, 5.41) is 14.2. The van der Waals surface area contributed by atoms with Gasteiger partial charge < -0.3 is 4.57 Å². The average Bonchev–Trinajstić information content (AvgIpc) is 3.39. The van der Waals surface area contributed by atoms with Gasteiger partial charge >= 0.3 is 0 Å². The second kappa shape index (κ2) is 5.83. The summed E-state index contributed by atoms with van der Waals surface area (Å²) in [4.78, 5) is 0. The molecule has 5 rings (SSSR count). The Morgan fingerprint density at radius 2 is 1.80 bits per heavy atom. The molecule has 1 fully saturated rings. The Morgan fingerprint density at radius 1 is 1.04 bits per heavy atom. The average molecular weight is 333 g/mol. The molecule has 1 saturated carbocycles. The van der Waals surface area contributed by atoms with Gasteiger partial charge in [-0.15, -0.1) is 10.2 Å². The van der Waals surface area contributed by atoms with Gasteiger partial charge in [0.25, 0.3) is 0 Å². The third kappa shape index (κ3) is 2.25. The third-order valence-corrected chi connectivity index (χ3v) is 5.68. The van der Waals surface area contributed by atoms with Gasteiger partial charge in [-0.25, -0.2) is 0 Å². The van der Waals surface area contributed by atoms with E-state index in [2.05, 4.69) is 50.6 Å². The molecule has 3 heterocycles. The lowest BCUT2D eigenvalue weighted by Gasteiger charge is -2.20. The molecule has 1 aromatic carbocycles. The topological polar surface area (TPSA) is 48.5 Å². The van der Waals surface area contributed by atoms with Gasteiger partial charge in [0.1, 0.15) is 5.69 Å². The first-order valence-corrected chi connectivity index (χ1v) is 9.46. The van der Waals surface area contributed by atoms with Crippen LogP contribution >= 0.6 is 0 Å². The normalized spacial score (nSPS) is 16.8. The van der Waals surface area contributed by atoms with Crippen molar-refractivity contribution < 1.29 is 0 Å². The van der Waals surface area contributed by atoms with Gasteiger partial charge in [-0.2, -0.15) is 5.10 Å². The standard InChI is InChI=1S/C20H23N5/c1-2-17-16-12-13-24-19(14-8-4-3-5-9-14)21-22-20(24)18(16)25(23-17)15-10-6-7-11-15/h3-5,8-9,15H,2,6-7,10-13H2,1H3. The highest BCUT2D eigenvalue weighted by Crippen LogP contribution is 2.39. The molecular weight excluding hydrogens is 310 g/mol. The van der Waals surface area contributed by atoms with Gasteiger partial charge in [-0.3, -0.25) is 4.68 Å². The van der Waals surface area contributed by atoms with E-state index in [9.17, 15) is 0 Å². The van der Waals surface area contributed by atoms with Crippen molar-refractivity contribution in [2.45, 2.75) is 58.0 Å². The smallest absolute Gasteiger partial charge is 0.182 e. The van der Waals surface area contributed by atoms with E-state index in [1.807, 2.05) is 6.07 Å². The quantitative estimate of drug-likeness (QED) is 0.727. The molecule has 0 amide bonds. The molecule has 0 saturated heterocycles. The number of fused-ring (bicyclic) bond motifs is 3. The minimum atomic E-state index is 0.525. The summed E-state index contributed by atoms with van der Waals surface area (Å²) in [5.74, 6) is 1.97. The molecule has 0 N–H and O–H groups in total. The fraction of sp³-hybridized carbons (Fsp3) is 0.450. The highest BCUT2D eigenvalue weighted by atomic mass is 15.4. The lowest BCUT2D eigenvalue weighted by molar-refractivity contribution is 0.464. The maximum absolute atomic E-state index is 5.01. The van der Waals surface area contributed by atoms with E-state index in [1.54, 1.807) is 0 Å². The Kier molecular flexibility index (Phi) is 3.47. The molecule has 128 valence electrons. The van der Waals surface area contributed by atoms with Crippen molar-refractivity contribution in [2.75, 3.05) is 0 Å². The van der Waals surface area contributed by atoms with Crippen LogP contribution in [0.4, 0.5) is 0 Å². The van der Waals surface area contributed by atoms with Crippen LogP contribution < -0.4 is 0 Å². The molecule has 0 unspecified atom stereocenters. The SMILES string of the molecule is CCc1nn(C2CCCC2)c2c1CCn1c(-c3ccccc3)nnc1-2. The van der Waals surface area contributed by atoms with E-state index in [0.717, 1.165) is 36.6 Å². The molecular formula is C20H23N5. The summed E-state index contributed by atoms with van der Waals surface area (Å²) in [6.07, 6.45) is 7.09. The van der Waals surface area contributed by atoms with E-state index in [4.69, 9.17) is 5.10 Å². The van der Waals surface area contributed by atoms with Crippen molar-refractivity contribution in [3.63, 3.8) is 0 Å². The predicted molar refractivity (Wildman–Crippen MR) is 97.3 cm³/mol. The summed E-state index contributed by atoms with van der Waals surface area (Å²) in [6.45, 7) is 3.14. The molecule has 0 atom stereocenters. The monoisotopic (exact) mass is 333 g/mol. The third-order valence-electron chi connectivity index (χ3n) is 5.68. The van der Waals surface area contributed by atoms with Gasteiger partial charge in [-0.1, -0.05) is 50.1 Å². The number of rotatable bonds is 3. The second-order valence-corrected chi connectivity index (χ2v) is 7.13. The Bertz CT molecular complexity index is 900. The second-order valence-electron chi connectivity index (χ2n) is 7.13. The summed E-state index contributed by atoms with van der Waals surface area (Å²) < 4.78 is 4.57. The van der Waals surface area contributed by atoms with Crippen molar-refractivity contribution in [2.24, 2.45) is 0 Å². The van der Waals surface area contributed by atoms with E-state index >= 15 is 0 Å². The van der Waals surface area contributed by atoms with Crippen molar-refractivity contribution in [1.82, 2.24) is 24.5 Å². The zero-order chi connectivity index (χ0) is 16.8. The zero-order valence-corrected chi connectivity index (χ0v) is 14.6. The van der Waals surface area contributed by atoms with Gasteiger partial charge in [-0.05, 0) is 25.7 Å². The van der Waals surface area contributed by atoms with Crippen LogP contribution in [0.25, 0.3) is 22.9 Å². The van der Waals surface area contributed by atoms with Gasteiger partial charge in [0.2, 0.25) is 0 Å². The van der Waals surface area contributed by atoms with E-state index in [-0.39, 0.29) is 0 Å². The van der Waals surface area contributed by atoms with Crippen molar-refractivity contribution in [3.05, 3.63) is 41.6 Å². The van der Waals surface area contributed by atoms with Gasteiger partial charge in [0.15, 0.2) is 11.6 Å². The first-order valence-electron chi connectivity index (χ1n) is 9.46. The van der Waals surface area contributed by atoms with Crippen LogP contribution in [0.15, 0.2) is 30.3 Å². The molecule has 0 bridgehead atoms. The Hall–Kier alpha value is -2.43. The molecule has 2 aromatic heterocycles. The van der Waals surface area contributed by atoms with Crippen molar-refractivity contribution in [1.29, 1.82) is 0 Å². The predicted octanol–water partition coefficient (Wildman–Crippen LogP) is 4.04. The highest BCUT2D eigenvalue weighted by Gasteiger charge is 2.32. The van der Waals surface area contributed by atoms with Gasteiger partial charge in [0.05, 0.1) is 11.7 Å². The number of aryl methyl sites for hydroxylation is 1. The minimum Gasteiger partial charge on any atom is -0.305 e. The van der Waals surface area contributed by atoms with E-state index in [0.29, 0.717) is 6.04 Å². The van der Waals surface area contributed by atoms with Crippen LogP contribution in [-0.2, 0) is 19.4 Å². The molecule has 5 heteroatoms. The Labute approximate surface area is 147 Å². The number of hydrogen-bond acceptors (Lipinski definition) is 3. The lowest BCUT2D eigenvalue weighted by atomic mass is 10.0.